The molecule has 0 radical (unpaired) electrons. The Morgan fingerprint density at radius 3 is 3.00 bits per heavy atom. The number of hydrogen-bond donors (Lipinski definition) is 1. The van der Waals surface area contributed by atoms with Crippen LogP contribution >= 0.6 is 0 Å². The van der Waals surface area contributed by atoms with Crippen LogP contribution in [0, 0.1) is 24.2 Å². The highest BCUT2D eigenvalue weighted by Gasteiger charge is 2.17. The van der Waals surface area contributed by atoms with E-state index in [0.717, 1.165) is 31.2 Å². The molecule has 1 heteroatoms. The maximum absolute atomic E-state index is 5.21. The van der Waals surface area contributed by atoms with Crippen LogP contribution in [-0.2, 0) is 0 Å². The first kappa shape index (κ1) is 13.3. The molecule has 2 atom stereocenters. The fourth-order valence-electron chi connectivity index (χ4n) is 2.62. The molecule has 1 rings (SSSR count). The lowest BCUT2D eigenvalue weighted by Crippen LogP contribution is -2.26. The quantitative estimate of drug-likeness (QED) is 0.410. The standard InChI is InChI=1S/C15H25N/c1-4-5-6-7-8-16-12-15-10-13(2)9-14(3)11-15/h1,9,13,15-16H,5-8,10-12H2,2-3H3. The summed E-state index contributed by atoms with van der Waals surface area (Å²) >= 11 is 0. The second-order valence-electron chi connectivity index (χ2n) is 5.16. The average molecular weight is 219 g/mol. The van der Waals surface area contributed by atoms with Gasteiger partial charge in [0, 0.05) is 6.42 Å². The van der Waals surface area contributed by atoms with E-state index in [0.29, 0.717) is 0 Å². The monoisotopic (exact) mass is 219 g/mol. The van der Waals surface area contributed by atoms with E-state index < -0.39 is 0 Å². The lowest BCUT2D eigenvalue weighted by atomic mass is 9.84. The van der Waals surface area contributed by atoms with E-state index in [1.807, 2.05) is 0 Å². The Labute approximate surface area is 101 Å². The van der Waals surface area contributed by atoms with E-state index in [-0.39, 0.29) is 0 Å². The highest BCUT2D eigenvalue weighted by molar-refractivity contribution is 5.06. The van der Waals surface area contributed by atoms with Gasteiger partial charge in [-0.2, -0.15) is 0 Å². The fraction of sp³-hybridized carbons (Fsp3) is 0.733. The molecule has 1 N–H and O–H groups in total. The minimum atomic E-state index is 0.766. The van der Waals surface area contributed by atoms with Gasteiger partial charge in [-0.1, -0.05) is 18.6 Å². The lowest BCUT2D eigenvalue weighted by molar-refractivity contribution is 0.380. The first-order valence-electron chi connectivity index (χ1n) is 6.54. The van der Waals surface area contributed by atoms with Gasteiger partial charge in [-0.05, 0) is 57.5 Å². The third-order valence-corrected chi connectivity index (χ3v) is 3.24. The molecule has 0 aromatic heterocycles. The molecule has 0 bridgehead atoms. The summed E-state index contributed by atoms with van der Waals surface area (Å²) in [6.45, 7) is 6.87. The summed E-state index contributed by atoms with van der Waals surface area (Å²) in [6, 6.07) is 0. The van der Waals surface area contributed by atoms with Crippen LogP contribution in [-0.4, -0.2) is 13.1 Å². The summed E-state index contributed by atoms with van der Waals surface area (Å²) in [5.41, 5.74) is 1.57. The first-order valence-corrected chi connectivity index (χ1v) is 6.54. The van der Waals surface area contributed by atoms with Crippen LogP contribution in [0.3, 0.4) is 0 Å². The van der Waals surface area contributed by atoms with Crippen molar-refractivity contribution in [3.63, 3.8) is 0 Å². The normalized spacial score (nSPS) is 24.9. The molecule has 1 aliphatic rings. The number of terminal acetylenes is 1. The van der Waals surface area contributed by atoms with Crippen molar-refractivity contribution in [2.24, 2.45) is 11.8 Å². The summed E-state index contributed by atoms with van der Waals surface area (Å²) in [4.78, 5) is 0. The Hall–Kier alpha value is -0.740. The Kier molecular flexibility index (Phi) is 6.26. The van der Waals surface area contributed by atoms with Crippen LogP contribution in [0.15, 0.2) is 11.6 Å². The molecule has 2 unspecified atom stereocenters. The topological polar surface area (TPSA) is 12.0 Å². The van der Waals surface area contributed by atoms with Gasteiger partial charge < -0.3 is 5.32 Å². The van der Waals surface area contributed by atoms with Crippen LogP contribution in [0.25, 0.3) is 0 Å². The van der Waals surface area contributed by atoms with Crippen molar-refractivity contribution < 1.29 is 0 Å². The molecule has 0 aliphatic heterocycles. The summed E-state index contributed by atoms with van der Waals surface area (Å²) in [6.07, 6.45) is 13.5. The van der Waals surface area contributed by atoms with E-state index >= 15 is 0 Å². The Balaban J connectivity index is 2.06. The van der Waals surface area contributed by atoms with Gasteiger partial charge in [0.2, 0.25) is 0 Å². The van der Waals surface area contributed by atoms with E-state index in [1.165, 1.54) is 25.8 Å². The van der Waals surface area contributed by atoms with Gasteiger partial charge in [0.05, 0.1) is 0 Å². The molecular weight excluding hydrogens is 194 g/mol. The molecule has 0 aromatic carbocycles. The van der Waals surface area contributed by atoms with Crippen molar-refractivity contribution in [2.45, 2.75) is 46.0 Å². The molecule has 0 heterocycles. The van der Waals surface area contributed by atoms with Crippen molar-refractivity contribution in [3.8, 4) is 12.3 Å². The lowest BCUT2D eigenvalue weighted by Gasteiger charge is -2.25. The minimum Gasteiger partial charge on any atom is -0.316 e. The SMILES string of the molecule is C#CCCCCNCC1CC(C)=CC(C)C1. The molecule has 0 saturated heterocycles. The molecule has 0 amide bonds. The second-order valence-corrected chi connectivity index (χ2v) is 5.16. The van der Waals surface area contributed by atoms with E-state index in [9.17, 15) is 0 Å². The maximum atomic E-state index is 5.21. The van der Waals surface area contributed by atoms with Crippen LogP contribution in [0.1, 0.15) is 46.0 Å². The van der Waals surface area contributed by atoms with Crippen LogP contribution in [0.2, 0.25) is 0 Å². The van der Waals surface area contributed by atoms with Gasteiger partial charge >= 0.3 is 0 Å². The summed E-state index contributed by atoms with van der Waals surface area (Å²) in [5, 5.41) is 3.56. The van der Waals surface area contributed by atoms with Crippen LogP contribution in [0.4, 0.5) is 0 Å². The Morgan fingerprint density at radius 1 is 1.50 bits per heavy atom. The van der Waals surface area contributed by atoms with Crippen molar-refractivity contribution in [3.05, 3.63) is 11.6 Å². The van der Waals surface area contributed by atoms with Crippen LogP contribution in [0.5, 0.6) is 0 Å². The third-order valence-electron chi connectivity index (χ3n) is 3.24. The summed E-state index contributed by atoms with van der Waals surface area (Å²) in [5.74, 6) is 4.29. The minimum absolute atomic E-state index is 0.766. The van der Waals surface area contributed by atoms with Gasteiger partial charge in [0.15, 0.2) is 0 Å². The van der Waals surface area contributed by atoms with E-state index in [1.54, 1.807) is 5.57 Å². The van der Waals surface area contributed by atoms with Gasteiger partial charge in [-0.15, -0.1) is 12.3 Å². The number of allylic oxidation sites excluding steroid dienone is 2. The molecule has 1 nitrogen and oxygen atoms in total. The molecule has 0 aromatic rings. The molecule has 0 fully saturated rings. The highest BCUT2D eigenvalue weighted by atomic mass is 14.9. The Morgan fingerprint density at radius 2 is 2.31 bits per heavy atom. The van der Waals surface area contributed by atoms with Gasteiger partial charge in [-0.25, -0.2) is 0 Å². The zero-order chi connectivity index (χ0) is 11.8. The van der Waals surface area contributed by atoms with Crippen LogP contribution < -0.4 is 5.32 Å². The predicted molar refractivity (Wildman–Crippen MR) is 71.2 cm³/mol. The number of rotatable bonds is 6. The van der Waals surface area contributed by atoms with Crippen molar-refractivity contribution in [1.29, 1.82) is 0 Å². The number of hydrogen-bond acceptors (Lipinski definition) is 1. The smallest absolute Gasteiger partial charge is 0.00865 e. The van der Waals surface area contributed by atoms with Crippen molar-refractivity contribution in [1.82, 2.24) is 5.32 Å². The molecule has 0 saturated carbocycles. The molecular formula is C15H25N. The first-order chi connectivity index (χ1) is 7.72. The molecule has 90 valence electrons. The molecule has 1 aliphatic carbocycles. The average Bonchev–Trinajstić information content (AvgIpc) is 2.22. The number of unbranched alkanes of at least 4 members (excludes halogenated alkanes) is 2. The number of nitrogens with one attached hydrogen (secondary N) is 1. The maximum Gasteiger partial charge on any atom is 0.00865 e. The van der Waals surface area contributed by atoms with Gasteiger partial charge in [-0.3, -0.25) is 0 Å². The van der Waals surface area contributed by atoms with E-state index in [4.69, 9.17) is 6.42 Å². The van der Waals surface area contributed by atoms with Gasteiger partial charge in [0.25, 0.3) is 0 Å². The zero-order valence-electron chi connectivity index (χ0n) is 10.8. The second kappa shape index (κ2) is 7.52. The molecule has 16 heavy (non-hydrogen) atoms. The predicted octanol–water partition coefficient (Wildman–Crippen LogP) is 3.37. The van der Waals surface area contributed by atoms with Crippen molar-refractivity contribution in [2.75, 3.05) is 13.1 Å². The largest absolute Gasteiger partial charge is 0.316 e. The van der Waals surface area contributed by atoms with E-state index in [2.05, 4.69) is 31.2 Å². The highest BCUT2D eigenvalue weighted by Crippen LogP contribution is 2.27. The summed E-state index contributed by atoms with van der Waals surface area (Å²) < 4.78 is 0. The molecule has 0 spiro atoms. The third kappa shape index (κ3) is 5.37. The zero-order valence-corrected chi connectivity index (χ0v) is 10.8. The van der Waals surface area contributed by atoms with Crippen molar-refractivity contribution >= 4 is 0 Å². The van der Waals surface area contributed by atoms with Gasteiger partial charge in [0.1, 0.15) is 0 Å². The summed E-state index contributed by atoms with van der Waals surface area (Å²) in [7, 11) is 0. The Bertz CT molecular complexity index is 259. The fourth-order valence-corrected chi connectivity index (χ4v) is 2.62.